The minimum atomic E-state index is -2.35. The number of thiol groups is 1. The van der Waals surface area contributed by atoms with Gasteiger partial charge in [0.05, 0.1) is 101 Å². The normalized spacial score (nSPS) is 26.9. The fraction of sp³-hybridized carbons (Fsp3) is 0.620. The molecule has 4 fully saturated rings. The highest BCUT2D eigenvalue weighted by Gasteiger charge is 2.55. The molecule has 26 heteroatoms. The van der Waals surface area contributed by atoms with Crippen LogP contribution in [0.2, 0.25) is 0 Å². The van der Waals surface area contributed by atoms with E-state index in [0.717, 1.165) is 4.90 Å². The standard InChI is InChI=1S/C50H64N4O21S/c1-26-46-29(53-10-14-72-49(66-3)48(53)75-46)19-37(73-26)74-31-22-50(64,21-28-39(31)45(62)41-40(43(28)60)42(59)27-5-4-6-30(65-2)38(27)44(41)61)33(55)23-71-25-35(57)52-8-12-67-11-7-51-34(56)24-70-18-17-69-16-15-68-13-9-54-36(58)20-32(76)47(54)63/h4-6,26,29,31-32,37,46,48-49,60,62,64,76H,7-25H2,1-3H3,(H,51,56)(H,52,57)/t26-,29-,31-,32?,37-,46+,48+,49-,50-/m0/s1. The Balaban J connectivity index is 0.791. The third-order valence-corrected chi connectivity index (χ3v) is 14.4. The van der Waals surface area contributed by atoms with E-state index >= 15 is 0 Å². The summed E-state index contributed by atoms with van der Waals surface area (Å²) >= 11 is 4.08. The van der Waals surface area contributed by atoms with Gasteiger partial charge in [0.2, 0.25) is 29.4 Å². The Labute approximate surface area is 442 Å². The fourth-order valence-electron chi connectivity index (χ4n) is 10.3. The maximum absolute atomic E-state index is 14.2. The second-order valence-corrected chi connectivity index (χ2v) is 19.4. The van der Waals surface area contributed by atoms with E-state index in [0.29, 0.717) is 13.2 Å². The van der Waals surface area contributed by atoms with Crippen molar-refractivity contribution in [2.75, 3.05) is 113 Å². The first-order chi connectivity index (χ1) is 36.6. The Morgan fingerprint density at radius 2 is 1.50 bits per heavy atom. The zero-order chi connectivity index (χ0) is 54.3. The van der Waals surface area contributed by atoms with Gasteiger partial charge < -0.3 is 78.1 Å². The predicted octanol–water partition coefficient (Wildman–Crippen LogP) is -0.908. The van der Waals surface area contributed by atoms with E-state index in [-0.39, 0.29) is 137 Å². The molecule has 4 aliphatic heterocycles. The monoisotopic (exact) mass is 1090 g/mol. The van der Waals surface area contributed by atoms with Crippen molar-refractivity contribution in [2.45, 2.75) is 86.6 Å². The first-order valence-corrected chi connectivity index (χ1v) is 25.5. The molecule has 0 bridgehead atoms. The number of ketones is 3. The van der Waals surface area contributed by atoms with Gasteiger partial charge in [-0.3, -0.25) is 43.4 Å². The second kappa shape index (κ2) is 25.5. The number of Topliss-reactive ketones (excluding diaryl/α,β-unsaturated/α-hetero) is 1. The molecule has 2 aromatic rings. The fourth-order valence-corrected chi connectivity index (χ4v) is 10.6. The highest BCUT2D eigenvalue weighted by atomic mass is 32.1. The molecular formula is C50H64N4O21S. The van der Waals surface area contributed by atoms with Gasteiger partial charge >= 0.3 is 0 Å². The number of hydrogen-bond acceptors (Lipinski definition) is 23. The average Bonchev–Trinajstić information content (AvgIpc) is 3.90. The van der Waals surface area contributed by atoms with Gasteiger partial charge in [0.15, 0.2) is 30.4 Å². The van der Waals surface area contributed by atoms with Crippen LogP contribution in [0.25, 0.3) is 0 Å². The van der Waals surface area contributed by atoms with E-state index < -0.39 is 120 Å². The number of carbonyl (C=O) groups excluding carboxylic acids is 7. The van der Waals surface area contributed by atoms with Crippen molar-refractivity contribution < 1.29 is 101 Å². The average molecular weight is 1090 g/mol. The molecule has 4 saturated heterocycles. The SMILES string of the molecule is COc1cccc2c1C(=O)c1c(O)c3c(c(O)c1C2=O)C[C@@](O)(C(=O)COCC(=O)NCCOCCNC(=O)COCCOCCOCCN1C(=O)CC(S)C1=O)C[C@@H]3O[C@H]1C[C@H]2[C@H](O[C@@H]3[C@@H](OC)OCCN32)[C@H](C)O1. The van der Waals surface area contributed by atoms with Crippen LogP contribution in [0.3, 0.4) is 0 Å². The van der Waals surface area contributed by atoms with Gasteiger partial charge in [-0.2, -0.15) is 12.6 Å². The number of likely N-dealkylation sites (tertiary alicyclic amines) is 1. The summed E-state index contributed by atoms with van der Waals surface area (Å²) in [6.07, 6.45) is -5.38. The summed E-state index contributed by atoms with van der Waals surface area (Å²) in [6, 6.07) is 4.13. The van der Waals surface area contributed by atoms with Crippen molar-refractivity contribution in [3.8, 4) is 17.2 Å². The molecule has 9 atom stereocenters. The summed E-state index contributed by atoms with van der Waals surface area (Å²) in [6.45, 7) is 2.80. The number of phenols is 2. The van der Waals surface area contributed by atoms with E-state index in [1.807, 2.05) is 0 Å². The molecule has 5 N–H and O–H groups in total. The number of morpholine rings is 1. The number of carbonyl (C=O) groups is 7. The van der Waals surface area contributed by atoms with Gasteiger partial charge in [-0.15, -0.1) is 0 Å². The first kappa shape index (κ1) is 57.0. The molecule has 0 spiro atoms. The molecule has 0 saturated carbocycles. The third kappa shape index (κ3) is 12.4. The van der Waals surface area contributed by atoms with Crippen molar-refractivity contribution in [1.29, 1.82) is 0 Å². The molecule has 4 amide bonds. The van der Waals surface area contributed by atoms with Crippen molar-refractivity contribution in [3.05, 3.63) is 51.6 Å². The molecule has 2 aromatic carbocycles. The number of nitrogens with zero attached hydrogens (tertiary/aromatic N) is 2. The van der Waals surface area contributed by atoms with Gasteiger partial charge in [-0.05, 0) is 13.0 Å². The molecule has 0 aromatic heterocycles. The molecule has 4 heterocycles. The first-order valence-electron chi connectivity index (χ1n) is 25.0. The van der Waals surface area contributed by atoms with Crippen LogP contribution in [0.1, 0.15) is 75.3 Å². The molecule has 25 nitrogen and oxygen atoms in total. The number of imide groups is 1. The minimum absolute atomic E-state index is 0.0621. The summed E-state index contributed by atoms with van der Waals surface area (Å²) in [5.74, 6) is -5.40. The van der Waals surface area contributed by atoms with Crippen LogP contribution in [0.5, 0.6) is 17.2 Å². The lowest BCUT2D eigenvalue weighted by molar-refractivity contribution is -0.256. The van der Waals surface area contributed by atoms with Gasteiger partial charge in [-0.1, -0.05) is 12.1 Å². The Morgan fingerprint density at radius 1 is 0.829 bits per heavy atom. The Bertz CT molecular complexity index is 2520. The van der Waals surface area contributed by atoms with Crippen molar-refractivity contribution in [3.63, 3.8) is 0 Å². The minimum Gasteiger partial charge on any atom is -0.507 e. The quantitative estimate of drug-likeness (QED) is 0.0245. The van der Waals surface area contributed by atoms with Gasteiger partial charge in [0.25, 0.3) is 0 Å². The molecule has 8 rings (SSSR count). The van der Waals surface area contributed by atoms with Crippen LogP contribution in [0.4, 0.5) is 0 Å². The van der Waals surface area contributed by atoms with E-state index in [2.05, 4.69) is 28.2 Å². The Hall–Kier alpha value is -5.20. The largest absolute Gasteiger partial charge is 0.507 e. The maximum atomic E-state index is 14.2. The number of nitrogens with one attached hydrogen (secondary N) is 2. The van der Waals surface area contributed by atoms with Crippen LogP contribution in [-0.2, 0) is 77.8 Å². The molecular weight excluding hydrogens is 1020 g/mol. The van der Waals surface area contributed by atoms with Gasteiger partial charge in [0, 0.05) is 75.2 Å². The molecule has 76 heavy (non-hydrogen) atoms. The number of fused-ring (bicyclic) bond motifs is 6. The summed E-state index contributed by atoms with van der Waals surface area (Å²) < 4.78 is 62.9. The van der Waals surface area contributed by atoms with E-state index in [4.69, 9.17) is 52.1 Å². The summed E-state index contributed by atoms with van der Waals surface area (Å²) in [4.78, 5) is 93.9. The zero-order valence-electron chi connectivity index (χ0n) is 42.3. The van der Waals surface area contributed by atoms with Crippen LogP contribution in [0.15, 0.2) is 18.2 Å². The van der Waals surface area contributed by atoms with E-state index in [1.54, 1.807) is 6.92 Å². The third-order valence-electron chi connectivity index (χ3n) is 14.0. The molecule has 6 aliphatic rings. The lowest BCUT2D eigenvalue weighted by atomic mass is 9.72. The summed E-state index contributed by atoms with van der Waals surface area (Å²) in [5.41, 5.74) is -3.86. The Morgan fingerprint density at radius 3 is 2.18 bits per heavy atom. The smallest absolute Gasteiger partial charge is 0.246 e. The number of phenolic OH excluding ortho intramolecular Hbond substituents is 2. The number of aliphatic hydroxyl groups is 1. The van der Waals surface area contributed by atoms with Crippen molar-refractivity contribution >= 4 is 53.6 Å². The molecule has 416 valence electrons. The van der Waals surface area contributed by atoms with Crippen molar-refractivity contribution in [1.82, 2.24) is 20.4 Å². The Kier molecular flexibility index (Phi) is 19.1. The van der Waals surface area contributed by atoms with Crippen LogP contribution < -0.4 is 15.4 Å². The van der Waals surface area contributed by atoms with Crippen molar-refractivity contribution in [2.24, 2.45) is 0 Å². The second-order valence-electron chi connectivity index (χ2n) is 18.8. The van der Waals surface area contributed by atoms with Crippen LogP contribution in [-0.4, -0.2) is 227 Å². The molecule has 0 radical (unpaired) electrons. The lowest BCUT2D eigenvalue weighted by Gasteiger charge is -2.43. The van der Waals surface area contributed by atoms with E-state index in [9.17, 15) is 48.9 Å². The summed E-state index contributed by atoms with van der Waals surface area (Å²) in [7, 11) is 2.84. The number of amides is 4. The van der Waals surface area contributed by atoms with E-state index in [1.165, 1.54) is 32.4 Å². The highest BCUT2D eigenvalue weighted by molar-refractivity contribution is 7.81. The maximum Gasteiger partial charge on any atom is 0.246 e. The predicted molar refractivity (Wildman–Crippen MR) is 261 cm³/mol. The number of methoxy groups -OCH3 is 2. The van der Waals surface area contributed by atoms with Crippen LogP contribution in [0, 0.1) is 0 Å². The number of aromatic hydroxyl groups is 2. The molecule has 2 aliphatic carbocycles. The molecule has 1 unspecified atom stereocenters. The van der Waals surface area contributed by atoms with Crippen LogP contribution >= 0.6 is 12.6 Å². The number of rotatable bonds is 26. The number of benzene rings is 2. The van der Waals surface area contributed by atoms with Gasteiger partial charge in [0.1, 0.15) is 48.8 Å². The summed E-state index contributed by atoms with van der Waals surface area (Å²) in [5, 5.41) is 40.9. The zero-order valence-corrected chi connectivity index (χ0v) is 43.2. The number of ether oxygens (including phenoxy) is 11. The van der Waals surface area contributed by atoms with Gasteiger partial charge in [-0.25, -0.2) is 0 Å². The lowest BCUT2D eigenvalue weighted by Crippen LogP contribution is -2.55. The topological polar surface area (TPSA) is 312 Å². The highest BCUT2D eigenvalue weighted by Crippen LogP contribution is 2.53. The number of hydrogen-bond donors (Lipinski definition) is 6.